The maximum atomic E-state index is 4.38. The van der Waals surface area contributed by atoms with E-state index < -0.39 is 0 Å². The molecule has 0 aliphatic heterocycles. The first-order valence-electron chi connectivity index (χ1n) is 7.31. The first kappa shape index (κ1) is 16.2. The first-order chi connectivity index (χ1) is 11.4. The molecule has 4 nitrogen and oxygen atoms in total. The summed E-state index contributed by atoms with van der Waals surface area (Å²) in [6.07, 6.45) is 3.70. The van der Waals surface area contributed by atoms with Crippen molar-refractivity contribution in [3.05, 3.63) is 85.2 Å². The van der Waals surface area contributed by atoms with E-state index in [4.69, 9.17) is 0 Å². The fraction of sp³-hybridized carbons (Fsp3) is 0. The normalized spacial score (nSPS) is 10.2. The number of nitrogens with zero attached hydrogens (tertiary/aromatic N) is 4. The van der Waals surface area contributed by atoms with Crippen LogP contribution in [0, 0.1) is 6.07 Å². The molecule has 0 fully saturated rings. The minimum atomic E-state index is 0. The second-order valence-corrected chi connectivity index (χ2v) is 5.09. The maximum Gasteiger partial charge on any atom is 0.0653 e. The van der Waals surface area contributed by atoms with E-state index >= 15 is 0 Å². The average molecular weight is 490 g/mol. The van der Waals surface area contributed by atoms with Gasteiger partial charge in [-0.2, -0.15) is 5.10 Å². The monoisotopic (exact) mass is 490 g/mol. The summed E-state index contributed by atoms with van der Waals surface area (Å²) in [5.74, 6) is 0. The fourth-order valence-electron chi connectivity index (χ4n) is 2.40. The standard InChI is InChI=1S/C19H13N4.Ir/c1-2-9-17(10-3-1)23-14-19(21-22-23)16-8-6-7-15(13-16)18-11-4-5-12-20-18;/h1-7,9-14H;/q-1;. The Morgan fingerprint density at radius 1 is 0.875 bits per heavy atom. The summed E-state index contributed by atoms with van der Waals surface area (Å²) in [5, 5.41) is 8.46. The number of hydrogen-bond acceptors (Lipinski definition) is 3. The zero-order chi connectivity index (χ0) is 15.5. The number of benzene rings is 2. The van der Waals surface area contributed by atoms with E-state index in [1.807, 2.05) is 72.9 Å². The number of hydrogen-bond donors (Lipinski definition) is 0. The van der Waals surface area contributed by atoms with Crippen molar-refractivity contribution in [3.63, 3.8) is 0 Å². The smallest absolute Gasteiger partial charge is 0.0653 e. The van der Waals surface area contributed by atoms with Crippen LogP contribution in [0.15, 0.2) is 79.1 Å². The van der Waals surface area contributed by atoms with Gasteiger partial charge in [-0.05, 0) is 24.3 Å². The molecule has 0 bridgehead atoms. The van der Waals surface area contributed by atoms with Gasteiger partial charge in [0.1, 0.15) is 0 Å². The topological polar surface area (TPSA) is 43.6 Å². The zero-order valence-electron chi connectivity index (χ0n) is 12.6. The molecule has 4 aromatic rings. The van der Waals surface area contributed by atoms with Gasteiger partial charge in [0.25, 0.3) is 0 Å². The second-order valence-electron chi connectivity index (χ2n) is 5.09. The maximum absolute atomic E-state index is 4.38. The SMILES string of the molecule is [Ir].[c-]1ccc(-c2ccccn2)cc1-c1cn(-c2ccccc2)nn1. The summed E-state index contributed by atoms with van der Waals surface area (Å²) in [4.78, 5) is 4.38. The zero-order valence-corrected chi connectivity index (χ0v) is 15.0. The Labute approximate surface area is 153 Å². The largest absolute Gasteiger partial charge is 0.258 e. The van der Waals surface area contributed by atoms with Crippen molar-refractivity contribution in [2.75, 3.05) is 0 Å². The summed E-state index contributed by atoms with van der Waals surface area (Å²) in [6.45, 7) is 0. The van der Waals surface area contributed by atoms with Crippen molar-refractivity contribution in [2.24, 2.45) is 0 Å². The van der Waals surface area contributed by atoms with Gasteiger partial charge in [-0.1, -0.05) is 35.0 Å². The van der Waals surface area contributed by atoms with Crippen LogP contribution in [0.1, 0.15) is 0 Å². The molecule has 0 atom stereocenters. The van der Waals surface area contributed by atoms with Crippen LogP contribution in [0.5, 0.6) is 0 Å². The molecule has 0 spiro atoms. The molecular formula is C19H13IrN4-. The third kappa shape index (κ3) is 3.32. The van der Waals surface area contributed by atoms with Crippen LogP contribution in [-0.4, -0.2) is 20.0 Å². The van der Waals surface area contributed by atoms with Crippen molar-refractivity contribution in [1.29, 1.82) is 0 Å². The van der Waals surface area contributed by atoms with Crippen LogP contribution >= 0.6 is 0 Å². The predicted molar refractivity (Wildman–Crippen MR) is 88.9 cm³/mol. The molecule has 2 aromatic heterocycles. The molecule has 0 aliphatic rings. The molecule has 0 amide bonds. The molecule has 4 rings (SSSR count). The molecule has 2 aromatic carbocycles. The Bertz CT molecular complexity index is 920. The van der Waals surface area contributed by atoms with E-state index in [-0.39, 0.29) is 20.1 Å². The summed E-state index contributed by atoms with van der Waals surface area (Å²) in [5.41, 5.74) is 4.63. The van der Waals surface area contributed by atoms with Crippen molar-refractivity contribution in [2.45, 2.75) is 0 Å². The van der Waals surface area contributed by atoms with E-state index in [1.165, 1.54) is 0 Å². The first-order valence-corrected chi connectivity index (χ1v) is 7.31. The fourth-order valence-corrected chi connectivity index (χ4v) is 2.40. The van der Waals surface area contributed by atoms with Crippen LogP contribution < -0.4 is 0 Å². The van der Waals surface area contributed by atoms with E-state index in [1.54, 1.807) is 10.9 Å². The second kappa shape index (κ2) is 7.30. The van der Waals surface area contributed by atoms with E-state index in [2.05, 4.69) is 21.4 Å². The minimum absolute atomic E-state index is 0. The van der Waals surface area contributed by atoms with Gasteiger partial charge in [0, 0.05) is 38.2 Å². The summed E-state index contributed by atoms with van der Waals surface area (Å²) < 4.78 is 1.76. The number of aromatic nitrogens is 4. The van der Waals surface area contributed by atoms with Gasteiger partial charge in [0.05, 0.1) is 11.4 Å². The summed E-state index contributed by atoms with van der Waals surface area (Å²) >= 11 is 0. The van der Waals surface area contributed by atoms with Crippen molar-refractivity contribution >= 4 is 0 Å². The molecule has 0 saturated carbocycles. The molecule has 5 heteroatoms. The van der Waals surface area contributed by atoms with Gasteiger partial charge in [-0.25, -0.2) is 4.68 Å². The quantitative estimate of drug-likeness (QED) is 0.412. The van der Waals surface area contributed by atoms with Gasteiger partial charge in [0.15, 0.2) is 0 Å². The Morgan fingerprint density at radius 3 is 2.50 bits per heavy atom. The van der Waals surface area contributed by atoms with Crippen LogP contribution in [0.4, 0.5) is 0 Å². The average Bonchev–Trinajstić information content (AvgIpc) is 3.14. The van der Waals surface area contributed by atoms with E-state index in [9.17, 15) is 0 Å². The molecule has 24 heavy (non-hydrogen) atoms. The van der Waals surface area contributed by atoms with Gasteiger partial charge in [-0.15, -0.1) is 29.8 Å². The van der Waals surface area contributed by atoms with Gasteiger partial charge in [0.2, 0.25) is 0 Å². The molecule has 0 unspecified atom stereocenters. The van der Waals surface area contributed by atoms with Crippen LogP contribution in [0.25, 0.3) is 28.2 Å². The molecular weight excluding hydrogens is 476 g/mol. The predicted octanol–water partition coefficient (Wildman–Crippen LogP) is 3.79. The number of pyridine rings is 1. The Kier molecular flexibility index (Phi) is 4.94. The van der Waals surface area contributed by atoms with Crippen LogP contribution in [0.2, 0.25) is 0 Å². The van der Waals surface area contributed by atoms with E-state index in [0.717, 1.165) is 28.2 Å². The molecule has 119 valence electrons. The van der Waals surface area contributed by atoms with Crippen LogP contribution in [-0.2, 0) is 20.1 Å². The van der Waals surface area contributed by atoms with Crippen molar-refractivity contribution < 1.29 is 20.1 Å². The third-order valence-corrected chi connectivity index (χ3v) is 3.55. The van der Waals surface area contributed by atoms with Gasteiger partial charge in [-0.3, -0.25) is 4.98 Å². The Morgan fingerprint density at radius 2 is 1.71 bits per heavy atom. The van der Waals surface area contributed by atoms with Crippen molar-refractivity contribution in [3.8, 4) is 28.2 Å². The molecule has 0 aliphatic carbocycles. The Hall–Kier alpha value is -2.62. The Balaban J connectivity index is 0.00000169. The van der Waals surface area contributed by atoms with Crippen LogP contribution in [0.3, 0.4) is 0 Å². The molecule has 2 heterocycles. The van der Waals surface area contributed by atoms with Gasteiger partial charge >= 0.3 is 0 Å². The molecule has 0 N–H and O–H groups in total. The molecule has 0 saturated heterocycles. The summed E-state index contributed by atoms with van der Waals surface area (Å²) in [6, 6.07) is 24.9. The van der Waals surface area contributed by atoms with Gasteiger partial charge < -0.3 is 0 Å². The summed E-state index contributed by atoms with van der Waals surface area (Å²) in [7, 11) is 0. The minimum Gasteiger partial charge on any atom is -0.258 e. The molecule has 1 radical (unpaired) electrons. The van der Waals surface area contributed by atoms with Crippen molar-refractivity contribution in [1.82, 2.24) is 20.0 Å². The number of rotatable bonds is 3. The van der Waals surface area contributed by atoms with E-state index in [0.29, 0.717) is 0 Å². The number of para-hydroxylation sites is 1. The third-order valence-electron chi connectivity index (χ3n) is 3.55.